The van der Waals surface area contributed by atoms with Crippen molar-refractivity contribution in [2.24, 2.45) is 0 Å². The minimum absolute atomic E-state index is 0.555. The van der Waals surface area contributed by atoms with E-state index in [1.165, 1.54) is 33.4 Å². The van der Waals surface area contributed by atoms with Gasteiger partial charge in [0, 0.05) is 11.1 Å². The Kier molecular flexibility index (Phi) is 6.40. The quantitative estimate of drug-likeness (QED) is 0.201. The van der Waals surface area contributed by atoms with Gasteiger partial charge in [-0.1, -0.05) is 146 Å². The van der Waals surface area contributed by atoms with Gasteiger partial charge in [0.05, 0.1) is 10.8 Å². The lowest BCUT2D eigenvalue weighted by Gasteiger charge is -2.52. The molecule has 2 nitrogen and oxygen atoms in total. The molecule has 202 valence electrons. The van der Waals surface area contributed by atoms with Crippen LogP contribution in [0.2, 0.25) is 0 Å². The Balaban J connectivity index is 1.69. The molecule has 0 saturated carbocycles. The molecule has 7 rings (SSSR count). The van der Waals surface area contributed by atoms with Gasteiger partial charge in [0.2, 0.25) is 0 Å². The van der Waals surface area contributed by atoms with Crippen molar-refractivity contribution in [3.05, 3.63) is 201 Å². The maximum atomic E-state index is 11.7. The third-order valence-electron chi connectivity index (χ3n) is 9.14. The molecular formula is C40H30O2. The predicted molar refractivity (Wildman–Crippen MR) is 168 cm³/mol. The maximum absolute atomic E-state index is 11.7. The summed E-state index contributed by atoms with van der Waals surface area (Å²) in [6.45, 7) is 0. The lowest BCUT2D eigenvalue weighted by Crippen LogP contribution is -2.46. The monoisotopic (exact) mass is 542 g/mol. The molecule has 2 aliphatic carbocycles. The molecule has 0 spiro atoms. The van der Waals surface area contributed by atoms with Gasteiger partial charge in [-0.3, -0.25) is 9.59 Å². The third-order valence-corrected chi connectivity index (χ3v) is 9.14. The van der Waals surface area contributed by atoms with E-state index < -0.39 is 10.8 Å². The SMILES string of the molecule is O=Cc1ccc(C2(c3ccccc3)C3=C(CCC=C3)C(c3ccccc3)(c3ccc(C=O)cc3)c3ccccc32)cc1. The van der Waals surface area contributed by atoms with Crippen LogP contribution in [0, 0.1) is 0 Å². The smallest absolute Gasteiger partial charge is 0.150 e. The minimum atomic E-state index is -0.591. The molecule has 0 N–H and O–H groups in total. The molecule has 0 heterocycles. The molecule has 0 bridgehead atoms. The second-order valence-corrected chi connectivity index (χ2v) is 11.1. The van der Waals surface area contributed by atoms with Crippen LogP contribution in [-0.4, -0.2) is 12.6 Å². The molecule has 0 aromatic heterocycles. The second-order valence-electron chi connectivity index (χ2n) is 11.1. The van der Waals surface area contributed by atoms with E-state index >= 15 is 0 Å². The second kappa shape index (κ2) is 10.4. The highest BCUT2D eigenvalue weighted by atomic mass is 16.1. The summed E-state index contributed by atoms with van der Waals surface area (Å²) in [5, 5.41) is 0. The van der Waals surface area contributed by atoms with Crippen LogP contribution in [0.3, 0.4) is 0 Å². The van der Waals surface area contributed by atoms with Crippen LogP contribution in [-0.2, 0) is 10.8 Å². The van der Waals surface area contributed by atoms with Gasteiger partial charge in [-0.05, 0) is 57.4 Å². The normalized spacial score (nSPS) is 20.9. The third kappa shape index (κ3) is 3.65. The van der Waals surface area contributed by atoms with Crippen molar-refractivity contribution in [1.82, 2.24) is 0 Å². The molecule has 0 aliphatic heterocycles. The minimum Gasteiger partial charge on any atom is -0.298 e. The van der Waals surface area contributed by atoms with E-state index in [9.17, 15) is 9.59 Å². The summed E-state index contributed by atoms with van der Waals surface area (Å²) in [7, 11) is 0. The van der Waals surface area contributed by atoms with Crippen LogP contribution in [0.5, 0.6) is 0 Å². The van der Waals surface area contributed by atoms with Gasteiger partial charge in [0.25, 0.3) is 0 Å². The fourth-order valence-electron chi connectivity index (χ4n) is 7.46. The number of hydrogen-bond acceptors (Lipinski definition) is 2. The largest absolute Gasteiger partial charge is 0.298 e. The van der Waals surface area contributed by atoms with Crippen LogP contribution in [0.1, 0.15) is 66.9 Å². The van der Waals surface area contributed by atoms with Gasteiger partial charge in [-0.15, -0.1) is 0 Å². The lowest BCUT2D eigenvalue weighted by molar-refractivity contribution is 0.111. The van der Waals surface area contributed by atoms with E-state index in [2.05, 4.69) is 121 Å². The van der Waals surface area contributed by atoms with Crippen molar-refractivity contribution in [3.63, 3.8) is 0 Å². The van der Waals surface area contributed by atoms with Gasteiger partial charge in [0.1, 0.15) is 12.6 Å². The first-order valence-electron chi connectivity index (χ1n) is 14.5. The standard InChI is InChI=1S/C40H30O2/c41-27-29-19-23-33(24-20-29)39(31-11-3-1-4-12-31)35-15-7-9-17-37(35)40(32-13-5-2-6-14-32,38-18-10-8-16-36(38)39)34-25-21-30(28-42)22-26-34/h1-9,11-17,19-28H,10,18H2. The van der Waals surface area contributed by atoms with E-state index in [0.717, 1.165) is 36.5 Å². The summed E-state index contributed by atoms with van der Waals surface area (Å²) in [6.07, 6.45) is 8.29. The van der Waals surface area contributed by atoms with Gasteiger partial charge in [-0.2, -0.15) is 0 Å². The number of fused-ring (bicyclic) bond motifs is 1. The van der Waals surface area contributed by atoms with Crippen molar-refractivity contribution >= 4 is 12.6 Å². The molecular weight excluding hydrogens is 512 g/mol. The number of carbonyl (C=O) groups is 2. The highest BCUT2D eigenvalue weighted by molar-refractivity contribution is 5.79. The van der Waals surface area contributed by atoms with Crippen molar-refractivity contribution in [2.75, 3.05) is 0 Å². The lowest BCUT2D eigenvalue weighted by atomic mass is 9.49. The molecule has 0 fully saturated rings. The first-order chi connectivity index (χ1) is 20.7. The summed E-state index contributed by atoms with van der Waals surface area (Å²) in [5.41, 5.74) is 9.91. The number of aldehydes is 2. The van der Waals surface area contributed by atoms with E-state index in [-0.39, 0.29) is 0 Å². The number of hydrogen-bond donors (Lipinski definition) is 0. The molecule has 0 saturated heterocycles. The Hall–Kier alpha value is -5.08. The van der Waals surface area contributed by atoms with Crippen molar-refractivity contribution < 1.29 is 9.59 Å². The maximum Gasteiger partial charge on any atom is 0.150 e. The zero-order valence-corrected chi connectivity index (χ0v) is 23.2. The zero-order valence-electron chi connectivity index (χ0n) is 23.2. The number of carbonyl (C=O) groups excluding carboxylic acids is 2. The van der Waals surface area contributed by atoms with Crippen LogP contribution >= 0.6 is 0 Å². The van der Waals surface area contributed by atoms with Gasteiger partial charge in [-0.25, -0.2) is 0 Å². The van der Waals surface area contributed by atoms with Crippen molar-refractivity contribution in [3.8, 4) is 0 Å². The first kappa shape index (κ1) is 25.9. The Bertz CT molecular complexity index is 1830. The molecule has 5 aromatic rings. The Morgan fingerprint density at radius 3 is 1.43 bits per heavy atom. The molecule has 2 heteroatoms. The molecule has 2 atom stereocenters. The molecule has 42 heavy (non-hydrogen) atoms. The van der Waals surface area contributed by atoms with Crippen LogP contribution in [0.4, 0.5) is 0 Å². The summed E-state index contributed by atoms with van der Waals surface area (Å²) >= 11 is 0. The average molecular weight is 543 g/mol. The number of benzene rings is 5. The van der Waals surface area contributed by atoms with Crippen molar-refractivity contribution in [2.45, 2.75) is 23.7 Å². The summed E-state index contributed by atoms with van der Waals surface area (Å²) in [4.78, 5) is 23.3. The number of rotatable bonds is 6. The highest BCUT2D eigenvalue weighted by Crippen LogP contribution is 2.61. The highest BCUT2D eigenvalue weighted by Gasteiger charge is 2.54. The first-order valence-corrected chi connectivity index (χ1v) is 14.5. The van der Waals surface area contributed by atoms with Gasteiger partial charge >= 0.3 is 0 Å². The molecule has 2 aliphatic rings. The fraction of sp³-hybridized carbons (Fsp3) is 0.100. The zero-order chi connectivity index (χ0) is 28.6. The average Bonchev–Trinajstić information content (AvgIpc) is 3.08. The summed E-state index contributed by atoms with van der Waals surface area (Å²) < 4.78 is 0. The van der Waals surface area contributed by atoms with Crippen LogP contribution < -0.4 is 0 Å². The van der Waals surface area contributed by atoms with Gasteiger partial charge in [0.15, 0.2) is 0 Å². The molecule has 2 unspecified atom stereocenters. The van der Waals surface area contributed by atoms with Crippen LogP contribution in [0.25, 0.3) is 0 Å². The topological polar surface area (TPSA) is 34.1 Å². The van der Waals surface area contributed by atoms with Crippen molar-refractivity contribution in [1.29, 1.82) is 0 Å². The van der Waals surface area contributed by atoms with E-state index in [1.807, 2.05) is 24.3 Å². The summed E-state index contributed by atoms with van der Waals surface area (Å²) in [5.74, 6) is 0. The predicted octanol–water partition coefficient (Wildman–Crippen LogP) is 8.64. The van der Waals surface area contributed by atoms with E-state index in [0.29, 0.717) is 11.1 Å². The van der Waals surface area contributed by atoms with Crippen LogP contribution in [0.15, 0.2) is 157 Å². The van der Waals surface area contributed by atoms with Gasteiger partial charge < -0.3 is 0 Å². The number of allylic oxidation sites excluding steroid dienone is 4. The van der Waals surface area contributed by atoms with E-state index in [1.54, 1.807) is 0 Å². The molecule has 0 radical (unpaired) electrons. The molecule has 0 amide bonds. The fourth-order valence-corrected chi connectivity index (χ4v) is 7.46. The Morgan fingerprint density at radius 1 is 0.476 bits per heavy atom. The Morgan fingerprint density at radius 2 is 0.905 bits per heavy atom. The Labute approximate surface area is 246 Å². The van der Waals surface area contributed by atoms with E-state index in [4.69, 9.17) is 0 Å². The summed E-state index contributed by atoms with van der Waals surface area (Å²) in [6, 6.07) is 46.6. The molecule has 5 aromatic carbocycles.